The van der Waals surface area contributed by atoms with Gasteiger partial charge < -0.3 is 9.25 Å². The Kier molecular flexibility index (Phi) is 5.45. The summed E-state index contributed by atoms with van der Waals surface area (Å²) in [6.07, 6.45) is 2.30. The third kappa shape index (κ3) is 4.33. The first kappa shape index (κ1) is 20.1. The molecule has 0 amide bonds. The van der Waals surface area contributed by atoms with E-state index in [0.717, 1.165) is 43.8 Å². The van der Waals surface area contributed by atoms with Gasteiger partial charge in [-0.15, -0.1) is 0 Å². The number of nitrogens with zero attached hydrogens (tertiary/aromatic N) is 2. The fourth-order valence-corrected chi connectivity index (χ4v) is 5.60. The molecule has 2 unspecified atom stereocenters. The first-order valence-corrected chi connectivity index (χ1v) is 11.5. The van der Waals surface area contributed by atoms with Crippen LogP contribution in [0.3, 0.4) is 0 Å². The fourth-order valence-electron chi connectivity index (χ4n) is 4.18. The van der Waals surface area contributed by atoms with Gasteiger partial charge >= 0.3 is 5.76 Å². The molecule has 162 valence electrons. The zero-order valence-corrected chi connectivity index (χ0v) is 17.6. The molecule has 3 aromatic rings. The van der Waals surface area contributed by atoms with Gasteiger partial charge in [-0.25, -0.2) is 9.18 Å². The molecule has 0 spiro atoms. The van der Waals surface area contributed by atoms with Crippen molar-refractivity contribution in [3.05, 3.63) is 64.4 Å². The van der Waals surface area contributed by atoms with Crippen molar-refractivity contribution in [2.24, 2.45) is 5.16 Å². The van der Waals surface area contributed by atoms with E-state index in [-0.39, 0.29) is 17.2 Å². The third-order valence-corrected chi connectivity index (χ3v) is 7.65. The minimum Gasteiger partial charge on any atom is -0.408 e. The summed E-state index contributed by atoms with van der Waals surface area (Å²) in [5, 5.41) is 4.32. The lowest BCUT2D eigenvalue weighted by Crippen LogP contribution is -2.41. The molecule has 1 saturated heterocycles. The third-order valence-electron chi connectivity index (χ3n) is 5.83. The topological polar surface area (TPSA) is 87.9 Å². The van der Waals surface area contributed by atoms with Crippen LogP contribution in [0.15, 0.2) is 61.7 Å². The van der Waals surface area contributed by atoms with Crippen molar-refractivity contribution in [3.63, 3.8) is 0 Å². The van der Waals surface area contributed by atoms with Crippen LogP contribution in [0.4, 0.5) is 4.39 Å². The summed E-state index contributed by atoms with van der Waals surface area (Å²) in [4.78, 5) is 22.6. The highest BCUT2D eigenvalue weighted by Crippen LogP contribution is 2.24. The molecule has 2 aliphatic heterocycles. The first-order valence-electron chi connectivity index (χ1n) is 10.3. The van der Waals surface area contributed by atoms with Crippen molar-refractivity contribution in [3.8, 4) is 0 Å². The van der Waals surface area contributed by atoms with E-state index < -0.39 is 16.6 Å². The molecular weight excluding hydrogens is 421 g/mol. The highest BCUT2D eigenvalue weighted by molar-refractivity contribution is 7.85. The Bertz CT molecular complexity index is 1200. The monoisotopic (exact) mass is 443 g/mol. The number of fused-ring (bicyclic) bond motifs is 1. The molecule has 0 aliphatic carbocycles. The normalized spacial score (nSPS) is 21.2. The second-order valence-electron chi connectivity index (χ2n) is 7.95. The van der Waals surface area contributed by atoms with Gasteiger partial charge in [0.05, 0.1) is 22.0 Å². The van der Waals surface area contributed by atoms with Crippen LogP contribution in [-0.4, -0.2) is 50.8 Å². The molecule has 9 heteroatoms. The van der Waals surface area contributed by atoms with E-state index in [1.54, 1.807) is 24.3 Å². The van der Waals surface area contributed by atoms with Crippen LogP contribution in [0.1, 0.15) is 24.8 Å². The smallest absolute Gasteiger partial charge is 0.408 e. The summed E-state index contributed by atoms with van der Waals surface area (Å²) in [5.74, 6) is -0.787. The Hall–Kier alpha value is -2.78. The van der Waals surface area contributed by atoms with E-state index in [1.807, 2.05) is 6.07 Å². The van der Waals surface area contributed by atoms with Gasteiger partial charge in [0.1, 0.15) is 11.9 Å². The minimum atomic E-state index is -1.12. The number of aromatic amines is 1. The van der Waals surface area contributed by atoms with E-state index in [9.17, 15) is 13.4 Å². The number of rotatable bonds is 5. The lowest BCUT2D eigenvalue weighted by Gasteiger charge is -2.32. The Morgan fingerprint density at radius 1 is 1.16 bits per heavy atom. The zero-order chi connectivity index (χ0) is 21.4. The van der Waals surface area contributed by atoms with Gasteiger partial charge in [-0.05, 0) is 62.3 Å². The van der Waals surface area contributed by atoms with Crippen molar-refractivity contribution >= 4 is 27.6 Å². The summed E-state index contributed by atoms with van der Waals surface area (Å²) in [7, 11) is -1.12. The SMILES string of the molecule is O=c1[nH]c2ccc(C3=NOC(CN4CCC(S(=O)c5ccc(F)cc5)CC4)C3)cc2o1. The van der Waals surface area contributed by atoms with Crippen LogP contribution in [0, 0.1) is 5.82 Å². The van der Waals surface area contributed by atoms with Crippen LogP contribution in [0.2, 0.25) is 0 Å². The van der Waals surface area contributed by atoms with Crippen molar-refractivity contribution < 1.29 is 17.9 Å². The second kappa shape index (κ2) is 8.39. The minimum absolute atomic E-state index is 0.0388. The maximum atomic E-state index is 13.1. The largest absolute Gasteiger partial charge is 0.417 e. The van der Waals surface area contributed by atoms with Crippen molar-refractivity contribution in [2.45, 2.75) is 35.5 Å². The molecule has 1 aromatic heterocycles. The summed E-state index contributed by atoms with van der Waals surface area (Å²) >= 11 is 0. The number of nitrogens with one attached hydrogen (secondary N) is 1. The van der Waals surface area contributed by atoms with Gasteiger partial charge in [0, 0.05) is 28.7 Å². The molecule has 0 bridgehead atoms. The Balaban J connectivity index is 1.14. The summed E-state index contributed by atoms with van der Waals surface area (Å²) in [5.41, 5.74) is 2.88. The number of benzene rings is 2. The highest BCUT2D eigenvalue weighted by atomic mass is 32.2. The van der Waals surface area contributed by atoms with Gasteiger partial charge in [0.25, 0.3) is 0 Å². The lowest BCUT2D eigenvalue weighted by atomic mass is 10.0. The Labute approximate surface area is 180 Å². The summed E-state index contributed by atoms with van der Waals surface area (Å²) < 4.78 is 31.0. The number of likely N-dealkylation sites (tertiary alicyclic amines) is 1. The van der Waals surface area contributed by atoms with Crippen LogP contribution >= 0.6 is 0 Å². The molecule has 7 nitrogen and oxygen atoms in total. The average Bonchev–Trinajstić information content (AvgIpc) is 3.39. The molecule has 31 heavy (non-hydrogen) atoms. The number of hydrogen-bond donors (Lipinski definition) is 1. The van der Waals surface area contributed by atoms with Gasteiger partial charge in [-0.3, -0.25) is 14.1 Å². The van der Waals surface area contributed by atoms with E-state index in [1.165, 1.54) is 12.1 Å². The molecular formula is C22H22FN3O4S. The number of oxime groups is 1. The predicted molar refractivity (Wildman–Crippen MR) is 115 cm³/mol. The number of hydrogen-bond acceptors (Lipinski definition) is 6. The molecule has 5 rings (SSSR count). The lowest BCUT2D eigenvalue weighted by molar-refractivity contribution is 0.0476. The quantitative estimate of drug-likeness (QED) is 0.655. The molecule has 3 heterocycles. The maximum Gasteiger partial charge on any atom is 0.417 e. The Morgan fingerprint density at radius 3 is 2.71 bits per heavy atom. The van der Waals surface area contributed by atoms with Crippen LogP contribution in [0.5, 0.6) is 0 Å². The molecule has 0 saturated carbocycles. The van der Waals surface area contributed by atoms with E-state index in [2.05, 4.69) is 15.0 Å². The van der Waals surface area contributed by atoms with E-state index in [0.29, 0.717) is 22.4 Å². The summed E-state index contributed by atoms with van der Waals surface area (Å²) in [6, 6.07) is 11.4. The van der Waals surface area contributed by atoms with Crippen LogP contribution < -0.4 is 5.76 Å². The van der Waals surface area contributed by atoms with Crippen molar-refractivity contribution in [2.75, 3.05) is 19.6 Å². The second-order valence-corrected chi connectivity index (χ2v) is 9.68. The van der Waals surface area contributed by atoms with Crippen LogP contribution in [-0.2, 0) is 15.6 Å². The number of oxazole rings is 1. The van der Waals surface area contributed by atoms with Gasteiger partial charge in [0.2, 0.25) is 0 Å². The highest BCUT2D eigenvalue weighted by Gasteiger charge is 2.29. The first-order chi connectivity index (χ1) is 15.0. The predicted octanol–water partition coefficient (Wildman–Crippen LogP) is 3.03. The Morgan fingerprint density at radius 2 is 1.94 bits per heavy atom. The fraction of sp³-hybridized carbons (Fsp3) is 0.364. The van der Waals surface area contributed by atoms with Crippen molar-refractivity contribution in [1.29, 1.82) is 0 Å². The molecule has 0 radical (unpaired) electrons. The standard InChI is InChI=1S/C22H22FN3O4S/c23-15-2-4-17(5-3-15)31(28)18-7-9-26(10-8-18)13-16-12-20(25-30-16)14-1-6-19-21(11-14)29-22(27)24-19/h1-6,11,16,18H,7-10,12-13H2,(H,24,27). The number of piperidine rings is 1. The number of halogens is 1. The number of aromatic nitrogens is 1. The molecule has 2 aromatic carbocycles. The average molecular weight is 444 g/mol. The number of H-pyrrole nitrogens is 1. The molecule has 2 atom stereocenters. The van der Waals surface area contributed by atoms with E-state index >= 15 is 0 Å². The summed E-state index contributed by atoms with van der Waals surface area (Å²) in [6.45, 7) is 2.44. The van der Waals surface area contributed by atoms with E-state index in [4.69, 9.17) is 9.25 Å². The van der Waals surface area contributed by atoms with Crippen LogP contribution in [0.25, 0.3) is 11.1 Å². The van der Waals surface area contributed by atoms with Gasteiger partial charge in [0.15, 0.2) is 5.58 Å². The molecule has 2 aliphatic rings. The molecule has 1 N–H and O–H groups in total. The van der Waals surface area contributed by atoms with Gasteiger partial charge in [-0.1, -0.05) is 11.2 Å². The van der Waals surface area contributed by atoms with Gasteiger partial charge in [-0.2, -0.15) is 0 Å². The van der Waals surface area contributed by atoms with Crippen molar-refractivity contribution in [1.82, 2.24) is 9.88 Å². The molecule has 1 fully saturated rings. The zero-order valence-electron chi connectivity index (χ0n) is 16.8. The maximum absolute atomic E-state index is 13.1.